The van der Waals surface area contributed by atoms with E-state index in [4.69, 9.17) is 10.3 Å². The molecule has 2 aromatic rings. The van der Waals surface area contributed by atoms with Gasteiger partial charge in [-0.25, -0.2) is 4.98 Å². The topological polar surface area (TPSA) is 82.8 Å². The third-order valence-corrected chi connectivity index (χ3v) is 3.87. The molecule has 0 aromatic carbocycles. The van der Waals surface area contributed by atoms with E-state index in [9.17, 15) is 0 Å². The van der Waals surface area contributed by atoms with Crippen LogP contribution in [0.15, 0.2) is 17.0 Å². The minimum Gasteiger partial charge on any atom is -0.339 e. The minimum atomic E-state index is 0.127. The lowest BCUT2D eigenvalue weighted by Crippen LogP contribution is -2.27. The first-order valence-electron chi connectivity index (χ1n) is 6.81. The van der Waals surface area contributed by atoms with Gasteiger partial charge in [0.15, 0.2) is 0 Å². The van der Waals surface area contributed by atoms with Crippen molar-refractivity contribution in [2.75, 3.05) is 0 Å². The predicted molar refractivity (Wildman–Crippen MR) is 70.3 cm³/mol. The van der Waals surface area contributed by atoms with Crippen LogP contribution in [0.1, 0.15) is 43.9 Å². The highest BCUT2D eigenvalue weighted by molar-refractivity contribution is 5.47. The van der Waals surface area contributed by atoms with Crippen molar-refractivity contribution in [1.82, 2.24) is 19.7 Å². The quantitative estimate of drug-likeness (QED) is 0.834. The number of rotatable bonds is 2. The molecule has 0 spiro atoms. The molecule has 1 aliphatic rings. The van der Waals surface area contributed by atoms with Gasteiger partial charge in [0.2, 0.25) is 11.7 Å². The second-order valence-corrected chi connectivity index (χ2v) is 5.25. The van der Waals surface area contributed by atoms with Crippen LogP contribution in [0.2, 0.25) is 0 Å². The largest absolute Gasteiger partial charge is 0.339 e. The van der Waals surface area contributed by atoms with E-state index in [1.807, 2.05) is 11.6 Å². The molecule has 1 fully saturated rings. The predicted octanol–water partition coefficient (Wildman–Crippen LogP) is 1.85. The number of imidazole rings is 1. The molecule has 6 nitrogen and oxygen atoms in total. The van der Waals surface area contributed by atoms with Crippen molar-refractivity contribution < 1.29 is 4.52 Å². The van der Waals surface area contributed by atoms with E-state index in [2.05, 4.69) is 15.1 Å². The van der Waals surface area contributed by atoms with Crippen molar-refractivity contribution >= 4 is 0 Å². The highest BCUT2D eigenvalue weighted by Gasteiger charge is 2.27. The molecule has 1 aliphatic carbocycles. The molecule has 2 atom stereocenters. The second kappa shape index (κ2) is 5.13. The molecule has 0 bridgehead atoms. The first kappa shape index (κ1) is 12.3. The maximum atomic E-state index is 6.22. The van der Waals surface area contributed by atoms with Gasteiger partial charge in [0.25, 0.3) is 0 Å². The number of aryl methyl sites for hydroxylation is 1. The van der Waals surface area contributed by atoms with Crippen LogP contribution < -0.4 is 5.73 Å². The Morgan fingerprint density at radius 3 is 2.95 bits per heavy atom. The van der Waals surface area contributed by atoms with E-state index in [0.717, 1.165) is 18.5 Å². The van der Waals surface area contributed by atoms with Crippen molar-refractivity contribution in [3.8, 4) is 11.5 Å². The van der Waals surface area contributed by atoms with Gasteiger partial charge in [-0.3, -0.25) is 0 Å². The lowest BCUT2D eigenvalue weighted by atomic mass is 9.95. The Balaban J connectivity index is 1.86. The fraction of sp³-hybridized carbons (Fsp3) is 0.615. The van der Waals surface area contributed by atoms with Crippen molar-refractivity contribution in [3.63, 3.8) is 0 Å². The molecule has 3 rings (SSSR count). The van der Waals surface area contributed by atoms with Crippen LogP contribution in [-0.4, -0.2) is 25.7 Å². The summed E-state index contributed by atoms with van der Waals surface area (Å²) in [7, 11) is 1.91. The van der Waals surface area contributed by atoms with E-state index in [1.165, 1.54) is 19.3 Å². The summed E-state index contributed by atoms with van der Waals surface area (Å²) in [6.45, 7) is 0. The van der Waals surface area contributed by atoms with Crippen LogP contribution in [-0.2, 0) is 7.05 Å². The Bertz CT molecular complexity index is 547. The summed E-state index contributed by atoms with van der Waals surface area (Å²) in [5, 5.41) is 4.06. The Morgan fingerprint density at radius 1 is 1.32 bits per heavy atom. The molecule has 0 aliphatic heterocycles. The second-order valence-electron chi connectivity index (χ2n) is 5.25. The highest BCUT2D eigenvalue weighted by atomic mass is 16.5. The van der Waals surface area contributed by atoms with Crippen LogP contribution >= 0.6 is 0 Å². The fourth-order valence-electron chi connectivity index (χ4n) is 2.71. The molecule has 2 aromatic heterocycles. The lowest BCUT2D eigenvalue weighted by molar-refractivity contribution is 0.326. The molecular formula is C13H19N5O. The van der Waals surface area contributed by atoms with Gasteiger partial charge >= 0.3 is 0 Å². The summed E-state index contributed by atoms with van der Waals surface area (Å²) in [4.78, 5) is 8.58. The van der Waals surface area contributed by atoms with E-state index in [-0.39, 0.29) is 12.0 Å². The number of hydrogen-bond acceptors (Lipinski definition) is 5. The smallest absolute Gasteiger partial charge is 0.231 e. The number of hydrogen-bond donors (Lipinski definition) is 1. The third-order valence-electron chi connectivity index (χ3n) is 3.87. The average molecular weight is 261 g/mol. The number of nitrogens with zero attached hydrogens (tertiary/aromatic N) is 4. The van der Waals surface area contributed by atoms with Crippen LogP contribution in [0.4, 0.5) is 0 Å². The summed E-state index contributed by atoms with van der Waals surface area (Å²) in [5.41, 5.74) is 7.08. The lowest BCUT2D eigenvalue weighted by Gasteiger charge is -2.16. The SMILES string of the molecule is Cn1cncc1-c1noc(C2CCCCCC2N)n1. The van der Waals surface area contributed by atoms with E-state index in [1.54, 1.807) is 12.5 Å². The Kier molecular flexibility index (Phi) is 3.33. The van der Waals surface area contributed by atoms with Crippen molar-refractivity contribution in [2.24, 2.45) is 12.8 Å². The zero-order valence-corrected chi connectivity index (χ0v) is 11.1. The third kappa shape index (κ3) is 2.40. The average Bonchev–Trinajstić information content (AvgIpc) is 2.97. The van der Waals surface area contributed by atoms with Gasteiger partial charge in [-0.05, 0) is 12.8 Å². The monoisotopic (exact) mass is 261 g/mol. The molecule has 6 heteroatoms. The van der Waals surface area contributed by atoms with Crippen LogP contribution in [0.3, 0.4) is 0 Å². The zero-order valence-electron chi connectivity index (χ0n) is 11.1. The molecular weight excluding hydrogens is 242 g/mol. The summed E-state index contributed by atoms with van der Waals surface area (Å²) in [6, 6.07) is 0.127. The maximum Gasteiger partial charge on any atom is 0.231 e. The number of nitrogens with two attached hydrogens (primary N) is 1. The molecule has 19 heavy (non-hydrogen) atoms. The molecule has 0 saturated heterocycles. The van der Waals surface area contributed by atoms with E-state index >= 15 is 0 Å². The molecule has 2 unspecified atom stereocenters. The highest BCUT2D eigenvalue weighted by Crippen LogP contribution is 2.30. The van der Waals surface area contributed by atoms with Gasteiger partial charge in [-0.1, -0.05) is 24.4 Å². The van der Waals surface area contributed by atoms with Gasteiger partial charge in [0, 0.05) is 13.1 Å². The Morgan fingerprint density at radius 2 is 2.16 bits per heavy atom. The first-order valence-corrected chi connectivity index (χ1v) is 6.81. The van der Waals surface area contributed by atoms with Gasteiger partial charge in [-0.15, -0.1) is 0 Å². The summed E-state index contributed by atoms with van der Waals surface area (Å²) in [6.07, 6.45) is 9.15. The summed E-state index contributed by atoms with van der Waals surface area (Å²) in [5.74, 6) is 1.45. The molecule has 0 amide bonds. The van der Waals surface area contributed by atoms with Crippen LogP contribution in [0, 0.1) is 0 Å². The van der Waals surface area contributed by atoms with Crippen molar-refractivity contribution in [3.05, 3.63) is 18.4 Å². The Labute approximate surface area is 112 Å². The molecule has 2 N–H and O–H groups in total. The van der Waals surface area contributed by atoms with E-state index < -0.39 is 0 Å². The summed E-state index contributed by atoms with van der Waals surface area (Å²) >= 11 is 0. The normalized spacial score (nSPS) is 24.3. The molecule has 102 valence electrons. The first-order chi connectivity index (χ1) is 9.25. The van der Waals surface area contributed by atoms with Gasteiger partial charge in [0.05, 0.1) is 18.4 Å². The fourth-order valence-corrected chi connectivity index (χ4v) is 2.71. The van der Waals surface area contributed by atoms with Gasteiger partial charge in [0.1, 0.15) is 5.69 Å². The standard InChI is InChI=1S/C13H19N5O/c1-18-8-15-7-11(18)12-16-13(19-17-12)9-5-3-2-4-6-10(9)14/h7-10H,2-6,14H2,1H3. The van der Waals surface area contributed by atoms with Gasteiger partial charge in [-0.2, -0.15) is 4.98 Å². The molecule has 2 heterocycles. The Hall–Kier alpha value is -1.69. The zero-order chi connectivity index (χ0) is 13.2. The van der Waals surface area contributed by atoms with Crippen LogP contribution in [0.5, 0.6) is 0 Å². The molecule has 0 radical (unpaired) electrons. The van der Waals surface area contributed by atoms with E-state index in [0.29, 0.717) is 11.7 Å². The van der Waals surface area contributed by atoms with Gasteiger partial charge < -0.3 is 14.8 Å². The van der Waals surface area contributed by atoms with Crippen molar-refractivity contribution in [1.29, 1.82) is 0 Å². The number of aromatic nitrogens is 4. The van der Waals surface area contributed by atoms with Crippen LogP contribution in [0.25, 0.3) is 11.5 Å². The minimum absolute atomic E-state index is 0.127. The van der Waals surface area contributed by atoms with Crippen molar-refractivity contribution in [2.45, 2.75) is 44.1 Å². The summed E-state index contributed by atoms with van der Waals surface area (Å²) < 4.78 is 7.30. The molecule has 1 saturated carbocycles. The maximum absolute atomic E-state index is 6.22.